The van der Waals surface area contributed by atoms with Crippen molar-refractivity contribution in [3.05, 3.63) is 53.5 Å². The molecule has 1 aliphatic heterocycles. The van der Waals surface area contributed by atoms with Crippen molar-refractivity contribution in [2.24, 2.45) is 0 Å². The van der Waals surface area contributed by atoms with Crippen molar-refractivity contribution in [2.45, 2.75) is 51.5 Å². The summed E-state index contributed by atoms with van der Waals surface area (Å²) in [5.74, 6) is 0.699. The number of aryl methyl sites for hydroxylation is 1. The zero-order valence-electron chi connectivity index (χ0n) is 21.4. The van der Waals surface area contributed by atoms with Crippen molar-refractivity contribution < 1.29 is 22.7 Å². The topological polar surface area (TPSA) is 97.2 Å². The second-order valence-electron chi connectivity index (χ2n) is 8.03. The summed E-state index contributed by atoms with van der Waals surface area (Å²) < 4.78 is 42.3. The van der Waals surface area contributed by atoms with Crippen LogP contribution in [0.1, 0.15) is 37.1 Å². The van der Waals surface area contributed by atoms with Crippen LogP contribution < -0.4 is 20.3 Å². The van der Waals surface area contributed by atoms with Gasteiger partial charge in [-0.3, -0.25) is 9.48 Å². The molecule has 9 nitrogen and oxygen atoms in total. The number of carbonyl (C=O) groups is 1. The number of nitrogens with zero attached hydrogens (tertiary/aromatic N) is 5. The zero-order chi connectivity index (χ0) is 27.6. The number of nitrogens with one attached hydrogen (secondary N) is 2. The minimum atomic E-state index is -4.71. The molecule has 0 unspecified atom stereocenters. The molecule has 13 heteroatoms. The van der Waals surface area contributed by atoms with Gasteiger partial charge in [-0.2, -0.15) is 10.1 Å². The van der Waals surface area contributed by atoms with Gasteiger partial charge < -0.3 is 20.3 Å². The summed E-state index contributed by atoms with van der Waals surface area (Å²) in [7, 11) is 1.79. The Morgan fingerprint density at radius 2 is 1.78 bits per heavy atom. The summed E-state index contributed by atoms with van der Waals surface area (Å²) in [6, 6.07) is 5.65. The number of likely N-dealkylation sites (N-methyl/N-ethyl adjacent to an activating group) is 1. The van der Waals surface area contributed by atoms with Crippen molar-refractivity contribution in [1.29, 1.82) is 0 Å². The van der Waals surface area contributed by atoms with Gasteiger partial charge in [-0.05, 0) is 24.6 Å². The van der Waals surface area contributed by atoms with Gasteiger partial charge in [0, 0.05) is 25.4 Å². The molecule has 2 radical (unpaired) electrons. The van der Waals surface area contributed by atoms with Gasteiger partial charge in [0.05, 0.1) is 25.0 Å². The first-order valence-corrected chi connectivity index (χ1v) is 14.1. The number of aromatic nitrogens is 4. The Hall–Kier alpha value is -3.01. The van der Waals surface area contributed by atoms with Crippen molar-refractivity contribution in [3.8, 4) is 5.75 Å². The molecule has 0 bridgehead atoms. The average Bonchev–Trinajstić information content (AvgIpc) is 3.28. The summed E-state index contributed by atoms with van der Waals surface area (Å²) >= 11 is 1.75. The summed E-state index contributed by atoms with van der Waals surface area (Å²) in [6.07, 6.45) is 0.0472. The Balaban J connectivity index is 0.000000898. The molecule has 1 amide bonds. The second-order valence-corrected chi connectivity index (χ2v) is 8.03. The van der Waals surface area contributed by atoms with Crippen LogP contribution in [0.25, 0.3) is 0 Å². The number of ether oxygens (including phenoxy) is 1. The monoisotopic (exact) mass is 627 g/mol. The van der Waals surface area contributed by atoms with Gasteiger partial charge in [0.25, 0.3) is 0 Å². The van der Waals surface area contributed by atoms with E-state index in [2.05, 4.69) is 49.2 Å². The molecule has 2 N–H and O–H groups in total. The third-order valence-corrected chi connectivity index (χ3v) is 4.72. The average molecular weight is 628 g/mol. The molecular formula is C24H31F3N7O2Sb. The summed E-state index contributed by atoms with van der Waals surface area (Å²) in [6.45, 7) is 7.09. The van der Waals surface area contributed by atoms with Crippen LogP contribution in [0.4, 0.5) is 30.6 Å². The number of rotatable bonds is 6. The molecule has 3 aromatic rings. The zero-order valence-corrected chi connectivity index (χ0v) is 24.0. The molecule has 2 aromatic heterocycles. The van der Waals surface area contributed by atoms with Gasteiger partial charge in [0.15, 0.2) is 5.82 Å². The fourth-order valence-corrected chi connectivity index (χ4v) is 3.28. The maximum atomic E-state index is 12.3. The van der Waals surface area contributed by atoms with E-state index in [1.54, 1.807) is 64.9 Å². The van der Waals surface area contributed by atoms with Crippen LogP contribution in [0.2, 0.25) is 4.87 Å². The summed E-state index contributed by atoms with van der Waals surface area (Å²) in [5, 5.41) is 10.2. The maximum absolute atomic E-state index is 12.3. The number of benzene rings is 1. The predicted molar refractivity (Wildman–Crippen MR) is 138 cm³/mol. The van der Waals surface area contributed by atoms with E-state index in [0.717, 1.165) is 11.1 Å². The first-order valence-electron chi connectivity index (χ1n) is 11.5. The van der Waals surface area contributed by atoms with E-state index in [1.165, 1.54) is 18.6 Å². The molecule has 0 spiro atoms. The van der Waals surface area contributed by atoms with Crippen molar-refractivity contribution in [1.82, 2.24) is 19.7 Å². The minimum absolute atomic E-state index is 0.109. The van der Waals surface area contributed by atoms with Crippen LogP contribution >= 0.6 is 0 Å². The Morgan fingerprint density at radius 1 is 1.14 bits per heavy atom. The second kappa shape index (κ2) is 14.1. The van der Waals surface area contributed by atoms with Gasteiger partial charge >= 0.3 is 34.3 Å². The van der Waals surface area contributed by atoms with Crippen molar-refractivity contribution in [2.75, 3.05) is 29.1 Å². The first kappa shape index (κ1) is 30.2. The van der Waals surface area contributed by atoms with Crippen LogP contribution in [0, 0.1) is 6.92 Å². The Labute approximate surface area is 228 Å². The van der Waals surface area contributed by atoms with Crippen LogP contribution in [0.3, 0.4) is 0 Å². The van der Waals surface area contributed by atoms with E-state index in [4.69, 9.17) is 0 Å². The SMILES string of the molecule is CCC.Cc1nc(NCc2cnn(Cc3ccc(OC(F)(F)F)cc3)c2)nc2c1NC(=O)CN2C.[CH3][Sb]. The molecule has 0 saturated heterocycles. The van der Waals surface area contributed by atoms with Crippen LogP contribution in [-0.2, 0) is 17.9 Å². The van der Waals surface area contributed by atoms with E-state index >= 15 is 0 Å². The molecule has 200 valence electrons. The molecule has 0 aliphatic carbocycles. The van der Waals surface area contributed by atoms with Gasteiger partial charge in [-0.25, -0.2) is 4.98 Å². The number of fused-ring (bicyclic) bond motifs is 1. The molecule has 1 aliphatic rings. The number of carbonyl (C=O) groups excluding carboxylic acids is 1. The van der Waals surface area contributed by atoms with E-state index in [0.29, 0.717) is 36.2 Å². The first-order chi connectivity index (χ1) is 17.6. The molecule has 37 heavy (non-hydrogen) atoms. The quantitative estimate of drug-likeness (QED) is 0.387. The number of hydrogen-bond acceptors (Lipinski definition) is 7. The molecular weight excluding hydrogens is 597 g/mol. The molecule has 3 heterocycles. The van der Waals surface area contributed by atoms with Gasteiger partial charge in [0.2, 0.25) is 11.9 Å². The van der Waals surface area contributed by atoms with Crippen LogP contribution in [-0.4, -0.2) is 68.6 Å². The predicted octanol–water partition coefficient (Wildman–Crippen LogP) is 4.55. The van der Waals surface area contributed by atoms with Gasteiger partial charge in [-0.1, -0.05) is 32.4 Å². The van der Waals surface area contributed by atoms with Gasteiger partial charge in [0.1, 0.15) is 11.4 Å². The number of amides is 1. The fourth-order valence-electron chi connectivity index (χ4n) is 3.28. The Bertz CT molecular complexity index is 1150. The Morgan fingerprint density at radius 3 is 2.41 bits per heavy atom. The third kappa shape index (κ3) is 9.42. The van der Waals surface area contributed by atoms with Crippen LogP contribution in [0.5, 0.6) is 5.75 Å². The van der Waals surface area contributed by atoms with E-state index in [-0.39, 0.29) is 18.2 Å². The number of anilines is 3. The molecule has 1 aromatic carbocycles. The van der Waals surface area contributed by atoms with E-state index in [1.807, 2.05) is 6.20 Å². The Kier molecular flexibility index (Phi) is 11.5. The molecule has 0 atom stereocenters. The third-order valence-electron chi connectivity index (χ3n) is 4.72. The van der Waals surface area contributed by atoms with Crippen molar-refractivity contribution in [3.63, 3.8) is 0 Å². The normalized spacial score (nSPS) is 12.4. The number of hydrogen-bond donors (Lipinski definition) is 2. The molecule has 4 rings (SSSR count). The van der Waals surface area contributed by atoms with Gasteiger partial charge in [-0.15, -0.1) is 13.2 Å². The van der Waals surface area contributed by atoms with E-state index in [9.17, 15) is 18.0 Å². The van der Waals surface area contributed by atoms with Crippen molar-refractivity contribution >= 4 is 46.4 Å². The van der Waals surface area contributed by atoms with E-state index < -0.39 is 6.36 Å². The fraction of sp³-hybridized carbons (Fsp3) is 0.417. The molecule has 0 saturated carbocycles. The molecule has 0 fully saturated rings. The summed E-state index contributed by atoms with van der Waals surface area (Å²) in [4.78, 5) is 24.4. The number of alkyl halides is 3. The summed E-state index contributed by atoms with van der Waals surface area (Å²) in [5.41, 5.74) is 2.92. The number of halogens is 3. The van der Waals surface area contributed by atoms with Crippen LogP contribution in [0.15, 0.2) is 36.7 Å². The standard InChI is InChI=1S/C20H20F3N7O2.C3H8.CH3.Sb/c1-12-17-18(29(2)11-16(31)27-17)28-19(26-12)24-7-14-8-25-30(10-14)9-13-3-5-15(6-4-13)32-20(21,22)23;1-3-2;;/h3-6,8,10H,7,9,11H2,1-2H3,(H,27,31)(H,24,26,28);3H2,1-2H3;1H3;.